The van der Waals surface area contributed by atoms with Gasteiger partial charge in [0.1, 0.15) is 12.4 Å². The van der Waals surface area contributed by atoms with Gasteiger partial charge in [0.2, 0.25) is 5.91 Å². The molecule has 1 atom stereocenters. The number of nitrogens with one attached hydrogen (secondary N) is 2. The number of hydrogen-bond donors (Lipinski definition) is 2. The van der Waals surface area contributed by atoms with E-state index in [1.54, 1.807) is 16.2 Å². The summed E-state index contributed by atoms with van der Waals surface area (Å²) in [6.07, 6.45) is 0.327. The van der Waals surface area contributed by atoms with Gasteiger partial charge in [-0.05, 0) is 42.6 Å². The van der Waals surface area contributed by atoms with E-state index in [0.29, 0.717) is 31.8 Å². The van der Waals surface area contributed by atoms with Gasteiger partial charge >= 0.3 is 6.03 Å². The van der Waals surface area contributed by atoms with Crippen molar-refractivity contribution in [1.82, 2.24) is 10.2 Å². The van der Waals surface area contributed by atoms with Crippen molar-refractivity contribution in [3.63, 3.8) is 0 Å². The van der Waals surface area contributed by atoms with Crippen LogP contribution in [0.3, 0.4) is 0 Å². The van der Waals surface area contributed by atoms with Gasteiger partial charge in [-0.25, -0.2) is 4.79 Å². The molecule has 1 fully saturated rings. The van der Waals surface area contributed by atoms with Crippen molar-refractivity contribution >= 4 is 29.0 Å². The number of anilines is 1. The number of benzene rings is 1. The van der Waals surface area contributed by atoms with Crippen LogP contribution in [0, 0.1) is 0 Å². The van der Waals surface area contributed by atoms with E-state index in [2.05, 4.69) is 10.6 Å². The summed E-state index contributed by atoms with van der Waals surface area (Å²) in [5.74, 6) is 0.735. The highest BCUT2D eigenvalue weighted by molar-refractivity contribution is 7.09. The van der Waals surface area contributed by atoms with Gasteiger partial charge in [0.15, 0.2) is 0 Å². The standard InChI is InChI=1S/C18H21N3O3S/c1-13-11-19-17(22)8-9-21(13)18(23)20-14-4-6-15(7-5-14)24-12-16-3-2-10-25-16/h2-7,10,13H,8-9,11-12H2,1H3,(H,19,22)(H,20,23)/t13-/m1/s1. The molecular formula is C18H21N3O3S. The van der Waals surface area contributed by atoms with Crippen molar-refractivity contribution in [2.24, 2.45) is 0 Å². The maximum atomic E-state index is 12.4. The summed E-state index contributed by atoms with van der Waals surface area (Å²) >= 11 is 1.65. The van der Waals surface area contributed by atoms with E-state index in [4.69, 9.17) is 4.74 Å². The van der Waals surface area contributed by atoms with Gasteiger partial charge in [-0.3, -0.25) is 4.79 Å². The Hall–Kier alpha value is -2.54. The fourth-order valence-corrected chi connectivity index (χ4v) is 3.20. The first-order valence-corrected chi connectivity index (χ1v) is 9.09. The SMILES string of the molecule is C[C@@H]1CNC(=O)CCN1C(=O)Nc1ccc(OCc2cccs2)cc1. The summed E-state index contributed by atoms with van der Waals surface area (Å²) in [4.78, 5) is 26.7. The minimum atomic E-state index is -0.198. The van der Waals surface area contributed by atoms with Crippen LogP contribution in [0.4, 0.5) is 10.5 Å². The van der Waals surface area contributed by atoms with Gasteiger partial charge in [-0.2, -0.15) is 0 Å². The van der Waals surface area contributed by atoms with Crippen LogP contribution >= 0.6 is 11.3 Å². The van der Waals surface area contributed by atoms with Crippen LogP contribution in [0.25, 0.3) is 0 Å². The number of carbonyl (C=O) groups is 2. The van der Waals surface area contributed by atoms with E-state index in [1.165, 1.54) is 0 Å². The predicted molar refractivity (Wildman–Crippen MR) is 97.9 cm³/mol. The second kappa shape index (κ2) is 8.02. The lowest BCUT2D eigenvalue weighted by atomic mass is 10.3. The van der Waals surface area contributed by atoms with Gasteiger partial charge < -0.3 is 20.3 Å². The normalized spacial score (nSPS) is 17.6. The third-order valence-electron chi connectivity index (χ3n) is 4.03. The predicted octanol–water partition coefficient (Wildman–Crippen LogP) is 3.07. The van der Waals surface area contributed by atoms with E-state index in [0.717, 1.165) is 10.6 Å². The topological polar surface area (TPSA) is 70.7 Å². The maximum absolute atomic E-state index is 12.4. The molecular weight excluding hydrogens is 338 g/mol. The second-order valence-corrected chi connectivity index (χ2v) is 6.95. The van der Waals surface area contributed by atoms with Crippen LogP contribution in [-0.2, 0) is 11.4 Å². The molecule has 0 bridgehead atoms. The summed E-state index contributed by atoms with van der Waals surface area (Å²) in [6, 6.07) is 11.1. The van der Waals surface area contributed by atoms with E-state index in [-0.39, 0.29) is 18.0 Å². The Morgan fingerprint density at radius 2 is 2.16 bits per heavy atom. The van der Waals surface area contributed by atoms with Crippen molar-refractivity contribution in [1.29, 1.82) is 0 Å². The van der Waals surface area contributed by atoms with Crippen molar-refractivity contribution in [3.8, 4) is 5.75 Å². The summed E-state index contributed by atoms with van der Waals surface area (Å²) in [5, 5.41) is 7.69. The summed E-state index contributed by atoms with van der Waals surface area (Å²) in [6.45, 7) is 3.35. The monoisotopic (exact) mass is 359 g/mol. The van der Waals surface area contributed by atoms with Crippen LogP contribution in [0.5, 0.6) is 5.75 Å². The molecule has 0 aliphatic carbocycles. The van der Waals surface area contributed by atoms with Crippen LogP contribution in [-0.4, -0.2) is 36.0 Å². The lowest BCUT2D eigenvalue weighted by Crippen LogP contribution is -2.44. The fourth-order valence-electron chi connectivity index (χ4n) is 2.58. The molecule has 3 amide bonds. The maximum Gasteiger partial charge on any atom is 0.322 e. The zero-order valence-corrected chi connectivity index (χ0v) is 14.8. The molecule has 6 nitrogen and oxygen atoms in total. The molecule has 132 valence electrons. The molecule has 0 radical (unpaired) electrons. The molecule has 2 heterocycles. The van der Waals surface area contributed by atoms with E-state index in [1.807, 2.05) is 48.7 Å². The Labute approximate surface area is 150 Å². The first kappa shape index (κ1) is 17.3. The first-order valence-electron chi connectivity index (χ1n) is 8.21. The number of ether oxygens (including phenoxy) is 1. The van der Waals surface area contributed by atoms with Crippen molar-refractivity contribution in [2.45, 2.75) is 26.0 Å². The largest absolute Gasteiger partial charge is 0.488 e. The molecule has 0 unspecified atom stereocenters. The molecule has 3 rings (SSSR count). The Kier molecular flexibility index (Phi) is 5.55. The van der Waals surface area contributed by atoms with Crippen LogP contribution in [0.15, 0.2) is 41.8 Å². The zero-order chi connectivity index (χ0) is 17.6. The minimum absolute atomic E-state index is 0.0191. The van der Waals surface area contributed by atoms with Crippen molar-refractivity contribution < 1.29 is 14.3 Å². The van der Waals surface area contributed by atoms with Gasteiger partial charge in [-0.15, -0.1) is 11.3 Å². The molecule has 25 heavy (non-hydrogen) atoms. The van der Waals surface area contributed by atoms with E-state index >= 15 is 0 Å². The quantitative estimate of drug-likeness (QED) is 0.881. The number of nitrogens with zero attached hydrogens (tertiary/aromatic N) is 1. The average molecular weight is 359 g/mol. The number of amides is 3. The molecule has 1 aromatic carbocycles. The molecule has 0 spiro atoms. The fraction of sp³-hybridized carbons (Fsp3) is 0.333. The Bertz CT molecular complexity index is 716. The summed E-state index contributed by atoms with van der Waals surface area (Å²) in [5.41, 5.74) is 0.698. The van der Waals surface area contributed by atoms with E-state index < -0.39 is 0 Å². The molecule has 1 aliphatic heterocycles. The van der Waals surface area contributed by atoms with Crippen LogP contribution in [0.2, 0.25) is 0 Å². The van der Waals surface area contributed by atoms with Gasteiger partial charge in [0.25, 0.3) is 0 Å². The number of rotatable bonds is 4. The van der Waals surface area contributed by atoms with Gasteiger partial charge in [0, 0.05) is 36.1 Å². The number of carbonyl (C=O) groups excluding carboxylic acids is 2. The summed E-state index contributed by atoms with van der Waals surface area (Å²) in [7, 11) is 0. The zero-order valence-electron chi connectivity index (χ0n) is 14.0. The lowest BCUT2D eigenvalue weighted by Gasteiger charge is -2.26. The van der Waals surface area contributed by atoms with Gasteiger partial charge in [0.05, 0.1) is 0 Å². The Morgan fingerprint density at radius 3 is 2.88 bits per heavy atom. The minimum Gasteiger partial charge on any atom is -0.488 e. The third kappa shape index (κ3) is 4.73. The number of hydrogen-bond acceptors (Lipinski definition) is 4. The van der Waals surface area contributed by atoms with Gasteiger partial charge in [-0.1, -0.05) is 6.07 Å². The smallest absolute Gasteiger partial charge is 0.322 e. The highest BCUT2D eigenvalue weighted by atomic mass is 32.1. The summed E-state index contributed by atoms with van der Waals surface area (Å²) < 4.78 is 5.71. The van der Waals surface area contributed by atoms with Crippen LogP contribution < -0.4 is 15.4 Å². The van der Waals surface area contributed by atoms with E-state index in [9.17, 15) is 9.59 Å². The van der Waals surface area contributed by atoms with Crippen molar-refractivity contribution in [2.75, 3.05) is 18.4 Å². The molecule has 7 heteroatoms. The van der Waals surface area contributed by atoms with Crippen molar-refractivity contribution in [3.05, 3.63) is 46.7 Å². The molecule has 1 saturated heterocycles. The molecule has 1 aromatic heterocycles. The first-order chi connectivity index (χ1) is 12.1. The molecule has 2 aromatic rings. The Balaban J connectivity index is 1.55. The lowest BCUT2D eigenvalue weighted by molar-refractivity contribution is -0.120. The molecule has 0 saturated carbocycles. The number of thiophene rings is 1. The highest BCUT2D eigenvalue weighted by Gasteiger charge is 2.24. The molecule has 1 aliphatic rings. The van der Waals surface area contributed by atoms with Crippen LogP contribution in [0.1, 0.15) is 18.2 Å². The molecule has 2 N–H and O–H groups in total. The number of urea groups is 1. The average Bonchev–Trinajstić information content (AvgIpc) is 3.07. The highest BCUT2D eigenvalue weighted by Crippen LogP contribution is 2.19. The Morgan fingerprint density at radius 1 is 1.36 bits per heavy atom. The third-order valence-corrected chi connectivity index (χ3v) is 4.88. The second-order valence-electron chi connectivity index (χ2n) is 5.92.